The van der Waals surface area contributed by atoms with Crippen LogP contribution >= 0.6 is 0 Å². The number of halogens is 1. The highest BCUT2D eigenvalue weighted by Crippen LogP contribution is 2.15. The number of hydrogen-bond acceptors (Lipinski definition) is 3. The molecule has 30 heavy (non-hydrogen) atoms. The van der Waals surface area contributed by atoms with Crippen LogP contribution in [0.5, 0.6) is 0 Å². The van der Waals surface area contributed by atoms with Crippen LogP contribution in [0.2, 0.25) is 0 Å². The number of amides is 2. The Hall–Kier alpha value is -3.54. The molecule has 0 aliphatic carbocycles. The van der Waals surface area contributed by atoms with E-state index in [1.54, 1.807) is 60.6 Å². The minimum absolute atomic E-state index is 0.0984. The molecular formula is C24H24FN3O2. The normalized spacial score (nSPS) is 11.5. The van der Waals surface area contributed by atoms with Gasteiger partial charge in [0.15, 0.2) is 0 Å². The topological polar surface area (TPSA) is 62.3 Å². The van der Waals surface area contributed by atoms with E-state index in [1.807, 2.05) is 18.2 Å². The first-order chi connectivity index (χ1) is 14.5. The maximum Gasteiger partial charge on any atom is 0.269 e. The molecule has 1 aromatic heterocycles. The number of likely N-dealkylation sites (N-methyl/N-ethyl adjacent to an activating group) is 1. The molecule has 0 fully saturated rings. The Morgan fingerprint density at radius 2 is 1.70 bits per heavy atom. The fourth-order valence-corrected chi connectivity index (χ4v) is 3.22. The summed E-state index contributed by atoms with van der Waals surface area (Å²) >= 11 is 0. The fourth-order valence-electron chi connectivity index (χ4n) is 3.22. The smallest absolute Gasteiger partial charge is 0.269 e. The number of carbonyl (C=O) groups excluding carboxylic acids is 2. The second-order valence-corrected chi connectivity index (χ2v) is 7.03. The first-order valence-electron chi connectivity index (χ1n) is 9.80. The zero-order chi connectivity index (χ0) is 21.3. The lowest BCUT2D eigenvalue weighted by molar-refractivity contribution is 0.0722. The first kappa shape index (κ1) is 21.2. The number of rotatable bonds is 8. The van der Waals surface area contributed by atoms with E-state index >= 15 is 0 Å². The first-order valence-corrected chi connectivity index (χ1v) is 9.80. The van der Waals surface area contributed by atoms with Gasteiger partial charge < -0.3 is 10.2 Å². The molecule has 5 nitrogen and oxygen atoms in total. The van der Waals surface area contributed by atoms with Gasteiger partial charge in [0.05, 0.1) is 0 Å². The summed E-state index contributed by atoms with van der Waals surface area (Å²) in [6.45, 7) is 0.383. The summed E-state index contributed by atoms with van der Waals surface area (Å²) in [6, 6.07) is 20.3. The number of carbonyl (C=O) groups is 2. The van der Waals surface area contributed by atoms with Gasteiger partial charge in [-0.2, -0.15) is 0 Å². The highest BCUT2D eigenvalue weighted by atomic mass is 19.1. The van der Waals surface area contributed by atoms with Crippen LogP contribution in [-0.4, -0.2) is 41.3 Å². The van der Waals surface area contributed by atoms with Gasteiger partial charge in [-0.1, -0.05) is 36.4 Å². The average Bonchev–Trinajstić information content (AvgIpc) is 2.80. The largest absolute Gasteiger partial charge is 0.351 e. The van der Waals surface area contributed by atoms with E-state index in [1.165, 1.54) is 12.1 Å². The second-order valence-electron chi connectivity index (χ2n) is 7.03. The van der Waals surface area contributed by atoms with E-state index in [9.17, 15) is 14.0 Å². The summed E-state index contributed by atoms with van der Waals surface area (Å²) in [5, 5.41) is 2.86. The van der Waals surface area contributed by atoms with E-state index in [4.69, 9.17) is 0 Å². The second kappa shape index (κ2) is 10.3. The Bertz CT molecular complexity index is 963. The van der Waals surface area contributed by atoms with Crippen LogP contribution < -0.4 is 5.32 Å². The maximum absolute atomic E-state index is 13.3. The molecule has 1 N–H and O–H groups in total. The van der Waals surface area contributed by atoms with Crippen molar-refractivity contribution in [3.63, 3.8) is 0 Å². The van der Waals surface area contributed by atoms with E-state index in [2.05, 4.69) is 10.3 Å². The van der Waals surface area contributed by atoms with Crippen molar-refractivity contribution in [2.45, 2.75) is 18.9 Å². The molecule has 0 aliphatic rings. The van der Waals surface area contributed by atoms with Crippen molar-refractivity contribution in [1.82, 2.24) is 15.2 Å². The van der Waals surface area contributed by atoms with Crippen LogP contribution in [0.15, 0.2) is 79.0 Å². The molecule has 3 aromatic rings. The van der Waals surface area contributed by atoms with E-state index in [0.717, 1.165) is 5.56 Å². The van der Waals surface area contributed by atoms with Crippen molar-refractivity contribution in [3.05, 3.63) is 102 Å². The molecule has 2 aromatic carbocycles. The molecule has 0 unspecified atom stereocenters. The standard InChI is InChI=1S/C24H24FN3O2/c1-28(24(30)19-7-3-2-4-8-19)21(17-18-10-12-20(25)13-11-18)14-16-27-23(29)22-9-5-6-15-26-22/h2-13,15,21H,14,16-17H2,1H3,(H,27,29)/t21-/m1/s1. The van der Waals surface area contributed by atoms with Crippen molar-refractivity contribution in [1.29, 1.82) is 0 Å². The number of aromatic nitrogens is 1. The van der Waals surface area contributed by atoms with Crippen LogP contribution in [0.1, 0.15) is 32.8 Å². The molecule has 3 rings (SSSR count). The van der Waals surface area contributed by atoms with Crippen LogP contribution in [0, 0.1) is 5.82 Å². The van der Waals surface area contributed by atoms with E-state index < -0.39 is 0 Å². The Morgan fingerprint density at radius 1 is 1.00 bits per heavy atom. The predicted molar refractivity (Wildman–Crippen MR) is 114 cm³/mol. The average molecular weight is 405 g/mol. The molecule has 154 valence electrons. The highest BCUT2D eigenvalue weighted by molar-refractivity contribution is 5.94. The zero-order valence-electron chi connectivity index (χ0n) is 16.8. The summed E-state index contributed by atoms with van der Waals surface area (Å²) in [5.41, 5.74) is 1.87. The molecule has 1 heterocycles. The SMILES string of the molecule is CN(C(=O)c1ccccc1)[C@H](CCNC(=O)c1ccccn1)Cc1ccc(F)cc1. The number of nitrogens with one attached hydrogen (secondary N) is 1. The lowest BCUT2D eigenvalue weighted by Crippen LogP contribution is -2.41. The zero-order valence-corrected chi connectivity index (χ0v) is 16.8. The Labute approximate surface area is 175 Å². The minimum atomic E-state index is -0.299. The van der Waals surface area contributed by atoms with Crippen LogP contribution in [-0.2, 0) is 6.42 Å². The number of nitrogens with zero attached hydrogens (tertiary/aromatic N) is 2. The van der Waals surface area contributed by atoms with Gasteiger partial charge >= 0.3 is 0 Å². The number of pyridine rings is 1. The summed E-state index contributed by atoms with van der Waals surface area (Å²) in [6.07, 6.45) is 2.67. The summed E-state index contributed by atoms with van der Waals surface area (Å²) in [4.78, 5) is 30.9. The van der Waals surface area contributed by atoms with Crippen molar-refractivity contribution < 1.29 is 14.0 Å². The lowest BCUT2D eigenvalue weighted by Gasteiger charge is -2.29. The van der Waals surface area contributed by atoms with Crippen molar-refractivity contribution in [2.75, 3.05) is 13.6 Å². The van der Waals surface area contributed by atoms with Gasteiger partial charge in [0.25, 0.3) is 11.8 Å². The minimum Gasteiger partial charge on any atom is -0.351 e. The molecule has 1 atom stereocenters. The van der Waals surface area contributed by atoms with Gasteiger partial charge in [0.2, 0.25) is 0 Å². The Morgan fingerprint density at radius 3 is 2.37 bits per heavy atom. The summed E-state index contributed by atoms with van der Waals surface area (Å²) < 4.78 is 13.3. The van der Waals surface area contributed by atoms with Crippen LogP contribution in [0.4, 0.5) is 4.39 Å². The predicted octanol–water partition coefficient (Wildman–Crippen LogP) is 3.72. The number of hydrogen-bond donors (Lipinski definition) is 1. The monoisotopic (exact) mass is 405 g/mol. The quantitative estimate of drug-likeness (QED) is 0.621. The molecular weight excluding hydrogens is 381 g/mol. The highest BCUT2D eigenvalue weighted by Gasteiger charge is 2.22. The van der Waals surface area contributed by atoms with Crippen molar-refractivity contribution in [2.24, 2.45) is 0 Å². The molecule has 0 aliphatic heterocycles. The summed E-state index contributed by atoms with van der Waals surface area (Å²) in [5.74, 6) is -0.654. The maximum atomic E-state index is 13.3. The fraction of sp³-hybridized carbons (Fsp3) is 0.208. The molecule has 6 heteroatoms. The Balaban J connectivity index is 1.69. The van der Waals surface area contributed by atoms with Gasteiger partial charge in [0.1, 0.15) is 11.5 Å². The van der Waals surface area contributed by atoms with Gasteiger partial charge in [-0.15, -0.1) is 0 Å². The third-order valence-corrected chi connectivity index (χ3v) is 4.93. The van der Waals surface area contributed by atoms with Gasteiger partial charge in [0, 0.05) is 31.4 Å². The lowest BCUT2D eigenvalue weighted by atomic mass is 10.0. The summed E-state index contributed by atoms with van der Waals surface area (Å²) in [7, 11) is 1.75. The van der Waals surface area contributed by atoms with Crippen LogP contribution in [0.25, 0.3) is 0 Å². The third kappa shape index (κ3) is 5.73. The molecule has 2 amide bonds. The Kier molecular flexibility index (Phi) is 7.27. The van der Waals surface area contributed by atoms with Crippen LogP contribution in [0.3, 0.4) is 0 Å². The van der Waals surface area contributed by atoms with E-state index in [-0.39, 0.29) is 23.7 Å². The molecule has 0 spiro atoms. The molecule has 0 bridgehead atoms. The van der Waals surface area contributed by atoms with Gasteiger partial charge in [-0.25, -0.2) is 4.39 Å². The molecule has 0 saturated heterocycles. The van der Waals surface area contributed by atoms with Crippen molar-refractivity contribution in [3.8, 4) is 0 Å². The van der Waals surface area contributed by atoms with Gasteiger partial charge in [-0.05, 0) is 54.8 Å². The van der Waals surface area contributed by atoms with Crippen molar-refractivity contribution >= 4 is 11.8 Å². The molecule has 0 saturated carbocycles. The van der Waals surface area contributed by atoms with E-state index in [0.29, 0.717) is 30.6 Å². The van der Waals surface area contributed by atoms with Gasteiger partial charge in [-0.3, -0.25) is 14.6 Å². The third-order valence-electron chi connectivity index (χ3n) is 4.93. The number of benzene rings is 2. The molecule has 0 radical (unpaired) electrons.